The molecule has 1 aromatic heterocycles. The smallest absolute Gasteiger partial charge is 0.213 e. The maximum atomic E-state index is 8.66. The molecular weight excluding hydrogens is 204 g/mol. The first-order valence-corrected chi connectivity index (χ1v) is 5.71. The van der Waals surface area contributed by atoms with Crippen LogP contribution in [0, 0.1) is 0 Å². The number of aliphatic hydroxyl groups is 1. The summed E-state index contributed by atoms with van der Waals surface area (Å²) < 4.78 is 5.26. The van der Waals surface area contributed by atoms with Crippen LogP contribution in [0.5, 0.6) is 5.88 Å². The number of aliphatic hydroxyl groups excluding tert-OH is 1. The molecule has 1 heterocycles. The van der Waals surface area contributed by atoms with E-state index in [1.807, 2.05) is 12.1 Å². The minimum atomic E-state index is 0.00947. The van der Waals surface area contributed by atoms with Crippen LogP contribution in [0.25, 0.3) is 0 Å². The van der Waals surface area contributed by atoms with Crippen LogP contribution < -0.4 is 10.1 Å². The second-order valence-electron chi connectivity index (χ2n) is 3.68. The molecule has 90 valence electrons. The van der Waals surface area contributed by atoms with Crippen molar-refractivity contribution >= 4 is 0 Å². The molecule has 0 saturated carbocycles. The topological polar surface area (TPSA) is 54.4 Å². The van der Waals surface area contributed by atoms with E-state index in [1.165, 1.54) is 0 Å². The molecule has 1 aromatic rings. The highest BCUT2D eigenvalue weighted by atomic mass is 16.5. The van der Waals surface area contributed by atoms with Crippen LogP contribution in [-0.2, 0) is 0 Å². The monoisotopic (exact) mass is 224 g/mol. The summed E-state index contributed by atoms with van der Waals surface area (Å²) in [6.07, 6.45) is 2.84. The Labute approximate surface area is 96.7 Å². The minimum Gasteiger partial charge on any atom is -0.475 e. The van der Waals surface area contributed by atoms with Crippen LogP contribution in [0.4, 0.5) is 0 Å². The second-order valence-corrected chi connectivity index (χ2v) is 3.68. The molecule has 0 aliphatic rings. The van der Waals surface area contributed by atoms with E-state index < -0.39 is 0 Å². The van der Waals surface area contributed by atoms with Gasteiger partial charge in [-0.1, -0.05) is 6.92 Å². The number of pyridine rings is 1. The Bertz CT molecular complexity index is 305. The summed E-state index contributed by atoms with van der Waals surface area (Å²) in [7, 11) is 0. The molecule has 0 aliphatic carbocycles. The zero-order valence-electron chi connectivity index (χ0n) is 9.94. The molecule has 1 atom stereocenters. The van der Waals surface area contributed by atoms with Crippen molar-refractivity contribution in [2.45, 2.75) is 26.3 Å². The molecule has 4 nitrogen and oxygen atoms in total. The average Bonchev–Trinajstić information content (AvgIpc) is 2.33. The van der Waals surface area contributed by atoms with Gasteiger partial charge < -0.3 is 15.2 Å². The first kappa shape index (κ1) is 12.9. The predicted molar refractivity (Wildman–Crippen MR) is 63.5 cm³/mol. The van der Waals surface area contributed by atoms with Crippen molar-refractivity contribution < 1.29 is 9.84 Å². The molecule has 0 bridgehead atoms. The third-order valence-electron chi connectivity index (χ3n) is 2.30. The Morgan fingerprint density at radius 1 is 1.56 bits per heavy atom. The van der Waals surface area contributed by atoms with Gasteiger partial charge in [0, 0.05) is 18.3 Å². The van der Waals surface area contributed by atoms with Crippen LogP contribution in [0.3, 0.4) is 0 Å². The predicted octanol–water partition coefficient (Wildman–Crippen LogP) is 1.51. The molecule has 0 aromatic carbocycles. The first-order valence-electron chi connectivity index (χ1n) is 5.71. The molecule has 0 spiro atoms. The van der Waals surface area contributed by atoms with E-state index in [-0.39, 0.29) is 13.2 Å². The lowest BCUT2D eigenvalue weighted by molar-refractivity contribution is 0.196. The van der Waals surface area contributed by atoms with E-state index in [1.54, 1.807) is 6.20 Å². The van der Waals surface area contributed by atoms with E-state index in [0.717, 1.165) is 18.5 Å². The lowest BCUT2D eigenvalue weighted by atomic mass is 10.1. The number of hydrogen-bond donors (Lipinski definition) is 2. The molecule has 0 amide bonds. The van der Waals surface area contributed by atoms with Gasteiger partial charge in [-0.15, -0.1) is 0 Å². The molecule has 0 saturated heterocycles. The van der Waals surface area contributed by atoms with Crippen molar-refractivity contribution in [3.05, 3.63) is 23.9 Å². The van der Waals surface area contributed by atoms with Crippen LogP contribution in [0.2, 0.25) is 0 Å². The number of nitrogens with one attached hydrogen (secondary N) is 1. The van der Waals surface area contributed by atoms with E-state index in [2.05, 4.69) is 24.1 Å². The lowest BCUT2D eigenvalue weighted by Crippen LogP contribution is -2.19. The summed E-state index contributed by atoms with van der Waals surface area (Å²) in [5, 5.41) is 12.1. The molecule has 4 heteroatoms. The van der Waals surface area contributed by atoms with E-state index in [0.29, 0.717) is 11.9 Å². The van der Waals surface area contributed by atoms with Gasteiger partial charge in [-0.05, 0) is 31.5 Å². The van der Waals surface area contributed by atoms with Gasteiger partial charge in [0.2, 0.25) is 5.88 Å². The van der Waals surface area contributed by atoms with Crippen molar-refractivity contribution in [3.63, 3.8) is 0 Å². The molecule has 0 radical (unpaired) electrons. The van der Waals surface area contributed by atoms with Crippen molar-refractivity contribution in [2.24, 2.45) is 0 Å². The Balaban J connectivity index is 2.58. The van der Waals surface area contributed by atoms with Gasteiger partial charge in [-0.25, -0.2) is 4.98 Å². The SMILES string of the molecule is CCCNC(C)c1ccnc(OCCO)c1. The highest BCUT2D eigenvalue weighted by Gasteiger charge is 2.05. The van der Waals surface area contributed by atoms with Crippen LogP contribution >= 0.6 is 0 Å². The quantitative estimate of drug-likeness (QED) is 0.737. The number of rotatable bonds is 7. The molecule has 16 heavy (non-hydrogen) atoms. The largest absolute Gasteiger partial charge is 0.475 e. The van der Waals surface area contributed by atoms with Gasteiger partial charge in [0.25, 0.3) is 0 Å². The van der Waals surface area contributed by atoms with Gasteiger partial charge in [0.15, 0.2) is 0 Å². The fourth-order valence-corrected chi connectivity index (χ4v) is 1.40. The number of ether oxygens (including phenoxy) is 1. The van der Waals surface area contributed by atoms with Crippen molar-refractivity contribution in [1.29, 1.82) is 0 Å². The normalized spacial score (nSPS) is 12.4. The molecule has 2 N–H and O–H groups in total. The van der Waals surface area contributed by atoms with E-state index in [9.17, 15) is 0 Å². The summed E-state index contributed by atoms with van der Waals surface area (Å²) in [5.41, 5.74) is 1.15. The fraction of sp³-hybridized carbons (Fsp3) is 0.583. The lowest BCUT2D eigenvalue weighted by Gasteiger charge is -2.14. The summed E-state index contributed by atoms with van der Waals surface area (Å²) in [6, 6.07) is 4.17. The van der Waals surface area contributed by atoms with Crippen LogP contribution in [-0.4, -0.2) is 29.8 Å². The van der Waals surface area contributed by atoms with Crippen LogP contribution in [0.1, 0.15) is 31.9 Å². The van der Waals surface area contributed by atoms with Gasteiger partial charge in [0.05, 0.1) is 6.61 Å². The number of hydrogen-bond acceptors (Lipinski definition) is 4. The average molecular weight is 224 g/mol. The number of aromatic nitrogens is 1. The Morgan fingerprint density at radius 3 is 3.06 bits per heavy atom. The first-order chi connectivity index (χ1) is 7.77. The third kappa shape index (κ3) is 4.16. The maximum absolute atomic E-state index is 8.66. The van der Waals surface area contributed by atoms with Gasteiger partial charge in [-0.3, -0.25) is 0 Å². The van der Waals surface area contributed by atoms with Crippen molar-refractivity contribution in [1.82, 2.24) is 10.3 Å². The maximum Gasteiger partial charge on any atom is 0.213 e. The van der Waals surface area contributed by atoms with E-state index in [4.69, 9.17) is 9.84 Å². The molecule has 0 aliphatic heterocycles. The van der Waals surface area contributed by atoms with Crippen molar-refractivity contribution in [2.75, 3.05) is 19.8 Å². The zero-order chi connectivity index (χ0) is 11.8. The molecular formula is C12H20N2O2. The molecule has 0 fully saturated rings. The standard InChI is InChI=1S/C12H20N2O2/c1-3-5-13-10(2)11-4-6-14-12(9-11)16-8-7-15/h4,6,9-10,13,15H,3,5,7-8H2,1-2H3. The zero-order valence-corrected chi connectivity index (χ0v) is 9.94. The third-order valence-corrected chi connectivity index (χ3v) is 2.30. The Hall–Kier alpha value is -1.13. The highest BCUT2D eigenvalue weighted by Crippen LogP contribution is 2.16. The summed E-state index contributed by atoms with van der Waals surface area (Å²) in [4.78, 5) is 4.08. The Morgan fingerprint density at radius 2 is 2.38 bits per heavy atom. The van der Waals surface area contributed by atoms with E-state index >= 15 is 0 Å². The minimum absolute atomic E-state index is 0.00947. The molecule has 1 unspecified atom stereocenters. The number of nitrogens with zero attached hydrogens (tertiary/aromatic N) is 1. The second kappa shape index (κ2) is 7.19. The Kier molecular flexibility index (Phi) is 5.82. The fourth-order valence-electron chi connectivity index (χ4n) is 1.40. The summed E-state index contributed by atoms with van der Waals surface area (Å²) in [5.74, 6) is 0.566. The molecule has 1 rings (SSSR count). The van der Waals surface area contributed by atoms with Gasteiger partial charge in [-0.2, -0.15) is 0 Å². The van der Waals surface area contributed by atoms with Crippen molar-refractivity contribution in [3.8, 4) is 5.88 Å². The summed E-state index contributed by atoms with van der Waals surface area (Å²) in [6.45, 7) is 5.54. The van der Waals surface area contributed by atoms with Gasteiger partial charge >= 0.3 is 0 Å². The van der Waals surface area contributed by atoms with Gasteiger partial charge in [0.1, 0.15) is 6.61 Å². The summed E-state index contributed by atoms with van der Waals surface area (Å²) >= 11 is 0. The highest BCUT2D eigenvalue weighted by molar-refractivity contribution is 5.23. The van der Waals surface area contributed by atoms with Crippen LogP contribution in [0.15, 0.2) is 18.3 Å².